The van der Waals surface area contributed by atoms with Crippen LogP contribution in [0.3, 0.4) is 0 Å². The number of carbonyl (C=O) groups is 3. The zero-order chi connectivity index (χ0) is 22.4. The molecular formula is C23H27N3O5. The van der Waals surface area contributed by atoms with Gasteiger partial charge in [-0.2, -0.15) is 0 Å². The maximum atomic E-state index is 13.4. The standard InChI is InChI=1S/C23H27N3O5/c1-5-12-26-18(20(28)25-13-14-6-8-15(30-4)9-7-14)23-11-10-22(2,31-23)16(19(27)24-3)17(23)21(26)29/h5-11,16-18H,1,12-13H2,2-4H3,(H,24,27)(H,25,28)/t16-,17+,18-,22+,23+/m1/s1. The van der Waals surface area contributed by atoms with Gasteiger partial charge >= 0.3 is 0 Å². The average Bonchev–Trinajstić information content (AvgIpc) is 3.33. The number of methoxy groups -OCH3 is 1. The molecule has 5 atom stereocenters. The van der Waals surface area contributed by atoms with Crippen LogP contribution >= 0.6 is 0 Å². The van der Waals surface area contributed by atoms with E-state index in [-0.39, 0.29) is 30.8 Å². The lowest BCUT2D eigenvalue weighted by Crippen LogP contribution is -2.54. The molecule has 2 bridgehead atoms. The number of hydrogen-bond acceptors (Lipinski definition) is 5. The Bertz CT molecular complexity index is 958. The Morgan fingerprint density at radius 1 is 1.26 bits per heavy atom. The summed E-state index contributed by atoms with van der Waals surface area (Å²) in [6, 6.07) is 6.47. The van der Waals surface area contributed by atoms with Gasteiger partial charge in [-0.1, -0.05) is 30.4 Å². The molecule has 8 nitrogen and oxygen atoms in total. The van der Waals surface area contributed by atoms with Gasteiger partial charge in [-0.05, 0) is 24.6 Å². The predicted molar refractivity (Wildman–Crippen MR) is 113 cm³/mol. The predicted octanol–water partition coefficient (Wildman–Crippen LogP) is 0.784. The fraction of sp³-hybridized carbons (Fsp3) is 0.435. The molecule has 0 radical (unpaired) electrons. The van der Waals surface area contributed by atoms with Crippen molar-refractivity contribution in [2.24, 2.45) is 11.8 Å². The van der Waals surface area contributed by atoms with Crippen molar-refractivity contribution < 1.29 is 23.9 Å². The monoisotopic (exact) mass is 425 g/mol. The molecule has 3 aliphatic heterocycles. The van der Waals surface area contributed by atoms with E-state index in [9.17, 15) is 14.4 Å². The Hall–Kier alpha value is -3.13. The molecule has 1 aromatic rings. The molecule has 3 heterocycles. The van der Waals surface area contributed by atoms with Crippen molar-refractivity contribution in [3.63, 3.8) is 0 Å². The van der Waals surface area contributed by atoms with Crippen LogP contribution in [0.4, 0.5) is 0 Å². The normalized spacial score (nSPS) is 32.7. The summed E-state index contributed by atoms with van der Waals surface area (Å²) in [7, 11) is 3.13. The molecule has 31 heavy (non-hydrogen) atoms. The lowest BCUT2D eigenvalue weighted by molar-refractivity contribution is -0.144. The Balaban J connectivity index is 1.63. The van der Waals surface area contributed by atoms with Crippen LogP contribution in [0.15, 0.2) is 49.1 Å². The third-order valence-electron chi connectivity index (χ3n) is 6.53. The highest BCUT2D eigenvalue weighted by Gasteiger charge is 2.75. The highest BCUT2D eigenvalue weighted by atomic mass is 16.5. The van der Waals surface area contributed by atoms with E-state index in [0.717, 1.165) is 11.3 Å². The van der Waals surface area contributed by atoms with Gasteiger partial charge in [0.2, 0.25) is 17.7 Å². The number of carbonyl (C=O) groups excluding carboxylic acids is 3. The summed E-state index contributed by atoms with van der Waals surface area (Å²) in [6.45, 7) is 5.98. The SMILES string of the molecule is C=CCN1C(=O)[C@@H]2[C@H](C(=O)NC)[C@]3(C)C=C[C@@]2(O3)[C@H]1C(=O)NCc1ccc(OC)cc1. The minimum atomic E-state index is -1.18. The second-order valence-electron chi connectivity index (χ2n) is 8.29. The van der Waals surface area contributed by atoms with Crippen LogP contribution in [-0.2, 0) is 25.7 Å². The molecule has 0 aliphatic carbocycles. The lowest BCUT2D eigenvalue weighted by atomic mass is 9.70. The summed E-state index contributed by atoms with van der Waals surface area (Å²) < 4.78 is 11.5. The van der Waals surface area contributed by atoms with Crippen LogP contribution in [0.25, 0.3) is 0 Å². The smallest absolute Gasteiger partial charge is 0.246 e. The van der Waals surface area contributed by atoms with Crippen molar-refractivity contribution in [2.75, 3.05) is 20.7 Å². The van der Waals surface area contributed by atoms with Crippen LogP contribution < -0.4 is 15.4 Å². The van der Waals surface area contributed by atoms with E-state index in [1.54, 1.807) is 32.3 Å². The van der Waals surface area contributed by atoms with Gasteiger partial charge in [0.05, 0.1) is 24.5 Å². The van der Waals surface area contributed by atoms with E-state index < -0.39 is 29.1 Å². The van der Waals surface area contributed by atoms with E-state index >= 15 is 0 Å². The van der Waals surface area contributed by atoms with Gasteiger partial charge in [-0.15, -0.1) is 6.58 Å². The summed E-state index contributed by atoms with van der Waals surface area (Å²) in [6.07, 6.45) is 5.17. The molecule has 2 fully saturated rings. The first-order chi connectivity index (χ1) is 14.8. The molecule has 8 heteroatoms. The molecule has 1 aromatic carbocycles. The summed E-state index contributed by atoms with van der Waals surface area (Å²) in [5, 5.41) is 5.56. The van der Waals surface area contributed by atoms with E-state index in [4.69, 9.17) is 9.47 Å². The molecule has 3 amide bonds. The van der Waals surface area contributed by atoms with Crippen LogP contribution in [-0.4, -0.2) is 60.6 Å². The van der Waals surface area contributed by atoms with Gasteiger partial charge in [0, 0.05) is 20.1 Å². The number of amides is 3. The molecule has 0 unspecified atom stereocenters. The van der Waals surface area contributed by atoms with Crippen molar-refractivity contribution in [2.45, 2.75) is 30.7 Å². The average molecular weight is 425 g/mol. The summed E-state index contributed by atoms with van der Waals surface area (Å²) in [4.78, 5) is 40.9. The highest BCUT2D eigenvalue weighted by Crippen LogP contribution is 2.59. The number of fused-ring (bicyclic) bond motifs is 1. The molecule has 2 saturated heterocycles. The first-order valence-corrected chi connectivity index (χ1v) is 10.3. The minimum Gasteiger partial charge on any atom is -0.497 e. The quantitative estimate of drug-likeness (QED) is 0.630. The number of benzene rings is 1. The Morgan fingerprint density at radius 2 is 1.97 bits per heavy atom. The van der Waals surface area contributed by atoms with Crippen molar-refractivity contribution in [1.29, 1.82) is 0 Å². The van der Waals surface area contributed by atoms with Crippen molar-refractivity contribution in [1.82, 2.24) is 15.5 Å². The largest absolute Gasteiger partial charge is 0.497 e. The zero-order valence-corrected chi connectivity index (χ0v) is 17.9. The number of likely N-dealkylation sites (tertiary alicyclic amines) is 1. The maximum absolute atomic E-state index is 13.4. The Labute approximate surface area is 181 Å². The van der Waals surface area contributed by atoms with Gasteiger partial charge in [0.25, 0.3) is 0 Å². The maximum Gasteiger partial charge on any atom is 0.246 e. The van der Waals surface area contributed by atoms with Crippen molar-refractivity contribution in [3.8, 4) is 5.75 Å². The molecule has 4 rings (SSSR count). The molecule has 1 spiro atoms. The summed E-state index contributed by atoms with van der Waals surface area (Å²) in [5.74, 6) is -1.62. The fourth-order valence-electron chi connectivity index (χ4n) is 5.15. The lowest BCUT2D eigenvalue weighted by Gasteiger charge is -2.32. The number of nitrogens with zero attached hydrogens (tertiary/aromatic N) is 1. The first kappa shape index (κ1) is 21.1. The number of rotatable bonds is 7. The topological polar surface area (TPSA) is 97.0 Å². The summed E-state index contributed by atoms with van der Waals surface area (Å²) in [5.41, 5.74) is -1.23. The molecule has 0 saturated carbocycles. The Kier molecular flexibility index (Phi) is 5.13. The van der Waals surface area contributed by atoms with Gasteiger partial charge in [0.1, 0.15) is 17.4 Å². The van der Waals surface area contributed by atoms with Crippen LogP contribution in [0, 0.1) is 11.8 Å². The summed E-state index contributed by atoms with van der Waals surface area (Å²) >= 11 is 0. The van der Waals surface area contributed by atoms with E-state index in [0.29, 0.717) is 0 Å². The molecule has 164 valence electrons. The second-order valence-corrected chi connectivity index (χ2v) is 8.29. The van der Waals surface area contributed by atoms with E-state index in [1.807, 2.05) is 24.3 Å². The van der Waals surface area contributed by atoms with Crippen LogP contribution in [0.5, 0.6) is 5.75 Å². The van der Waals surface area contributed by atoms with Crippen LogP contribution in [0.2, 0.25) is 0 Å². The van der Waals surface area contributed by atoms with Crippen molar-refractivity contribution >= 4 is 17.7 Å². The Morgan fingerprint density at radius 3 is 2.58 bits per heavy atom. The third-order valence-corrected chi connectivity index (χ3v) is 6.53. The molecule has 3 aliphatic rings. The molecular weight excluding hydrogens is 398 g/mol. The molecule has 0 aromatic heterocycles. The molecule has 2 N–H and O–H groups in total. The van der Waals surface area contributed by atoms with E-state index in [2.05, 4.69) is 17.2 Å². The van der Waals surface area contributed by atoms with E-state index in [1.165, 1.54) is 11.9 Å². The van der Waals surface area contributed by atoms with Crippen molar-refractivity contribution in [3.05, 3.63) is 54.6 Å². The third kappa shape index (κ3) is 3.05. The number of hydrogen-bond donors (Lipinski definition) is 2. The zero-order valence-electron chi connectivity index (χ0n) is 17.9. The highest BCUT2D eigenvalue weighted by molar-refractivity contribution is 6.00. The fourth-order valence-corrected chi connectivity index (χ4v) is 5.15. The van der Waals surface area contributed by atoms with Crippen LogP contribution in [0.1, 0.15) is 12.5 Å². The second kappa shape index (κ2) is 7.53. The first-order valence-electron chi connectivity index (χ1n) is 10.3. The van der Waals surface area contributed by atoms with Gasteiger partial charge in [-0.25, -0.2) is 0 Å². The number of ether oxygens (including phenoxy) is 2. The van der Waals surface area contributed by atoms with Gasteiger partial charge in [-0.3, -0.25) is 14.4 Å². The number of nitrogens with one attached hydrogen (secondary N) is 2. The van der Waals surface area contributed by atoms with Gasteiger partial charge in [0.15, 0.2) is 0 Å². The van der Waals surface area contributed by atoms with Gasteiger partial charge < -0.3 is 25.0 Å². The minimum absolute atomic E-state index is 0.187.